The Morgan fingerprint density at radius 2 is 2.42 bits per heavy atom. The Kier molecular flexibility index (Phi) is 3.47. The highest BCUT2D eigenvalue weighted by atomic mass is 16.5. The Balaban J connectivity index is 2.77. The van der Waals surface area contributed by atoms with E-state index < -0.39 is 0 Å². The molecule has 4 nitrogen and oxygen atoms in total. The number of nitrogens with two attached hydrogens (primary N) is 1. The predicted molar refractivity (Wildman–Crippen MR) is 46.0 cm³/mol. The van der Waals surface area contributed by atoms with Gasteiger partial charge < -0.3 is 10.5 Å². The molecule has 0 unspecified atom stereocenters. The second-order valence-corrected chi connectivity index (χ2v) is 2.32. The molecule has 0 saturated carbocycles. The summed E-state index contributed by atoms with van der Waals surface area (Å²) in [4.78, 5) is 7.90. The van der Waals surface area contributed by atoms with Crippen molar-refractivity contribution in [3.05, 3.63) is 18.1 Å². The molecule has 1 heterocycles. The highest BCUT2D eigenvalue weighted by molar-refractivity contribution is 5.22. The largest absolute Gasteiger partial charge is 0.478 e. The van der Waals surface area contributed by atoms with Crippen LogP contribution in [0.25, 0.3) is 0 Å². The van der Waals surface area contributed by atoms with Crippen LogP contribution < -0.4 is 10.5 Å². The molecule has 0 saturated heterocycles. The van der Waals surface area contributed by atoms with E-state index in [9.17, 15) is 0 Å². The van der Waals surface area contributed by atoms with Gasteiger partial charge in [-0.25, -0.2) is 9.97 Å². The Morgan fingerprint density at radius 1 is 1.58 bits per heavy atom. The molecule has 0 radical (unpaired) electrons. The molecule has 0 fully saturated rings. The second-order valence-electron chi connectivity index (χ2n) is 2.32. The number of nitrogens with zero attached hydrogens (tertiary/aromatic N) is 2. The third-order valence-electron chi connectivity index (χ3n) is 1.44. The van der Waals surface area contributed by atoms with E-state index in [2.05, 4.69) is 9.97 Å². The minimum absolute atomic E-state index is 0.591. The molecule has 1 aromatic heterocycles. The van der Waals surface area contributed by atoms with Crippen molar-refractivity contribution in [1.82, 2.24) is 9.97 Å². The summed E-state index contributed by atoms with van der Waals surface area (Å²) in [7, 11) is 0. The summed E-state index contributed by atoms with van der Waals surface area (Å²) in [5.74, 6) is 0.651. The van der Waals surface area contributed by atoms with Crippen molar-refractivity contribution in [2.45, 2.75) is 13.3 Å². The highest BCUT2D eigenvalue weighted by Gasteiger charge is 2.02. The molecule has 1 rings (SSSR count). The van der Waals surface area contributed by atoms with E-state index >= 15 is 0 Å². The lowest BCUT2D eigenvalue weighted by molar-refractivity contribution is 0.322. The maximum atomic E-state index is 5.41. The summed E-state index contributed by atoms with van der Waals surface area (Å²) >= 11 is 0. The molecule has 0 spiro atoms. The number of hydrogen-bond donors (Lipinski definition) is 1. The number of rotatable bonds is 4. The average molecular weight is 167 g/mol. The molecule has 2 N–H and O–H groups in total. The highest BCUT2D eigenvalue weighted by Crippen LogP contribution is 2.12. The van der Waals surface area contributed by atoms with E-state index in [-0.39, 0.29) is 0 Å². The molecular weight excluding hydrogens is 154 g/mol. The fourth-order valence-electron chi connectivity index (χ4n) is 0.941. The van der Waals surface area contributed by atoms with E-state index in [1.807, 2.05) is 6.92 Å². The van der Waals surface area contributed by atoms with Crippen LogP contribution >= 0.6 is 0 Å². The van der Waals surface area contributed by atoms with Gasteiger partial charge in [-0.15, -0.1) is 0 Å². The van der Waals surface area contributed by atoms with Crippen LogP contribution in [0.1, 0.15) is 12.5 Å². The van der Waals surface area contributed by atoms with E-state index in [0.29, 0.717) is 19.0 Å². The topological polar surface area (TPSA) is 61.0 Å². The van der Waals surface area contributed by atoms with Crippen LogP contribution in [0.3, 0.4) is 0 Å². The van der Waals surface area contributed by atoms with Crippen LogP contribution in [-0.2, 0) is 6.42 Å². The minimum atomic E-state index is 0.591. The molecule has 0 aliphatic rings. The lowest BCUT2D eigenvalue weighted by Crippen LogP contribution is -2.06. The maximum absolute atomic E-state index is 5.41. The smallest absolute Gasteiger partial charge is 0.219 e. The molecule has 0 atom stereocenters. The summed E-state index contributed by atoms with van der Waals surface area (Å²) in [6.45, 7) is 3.14. The molecule has 0 aromatic carbocycles. The van der Waals surface area contributed by atoms with Crippen LogP contribution in [-0.4, -0.2) is 23.1 Å². The van der Waals surface area contributed by atoms with Crippen LogP contribution in [0.4, 0.5) is 0 Å². The third-order valence-corrected chi connectivity index (χ3v) is 1.44. The molecule has 0 aliphatic heterocycles. The van der Waals surface area contributed by atoms with Crippen molar-refractivity contribution in [3.8, 4) is 5.88 Å². The molecule has 12 heavy (non-hydrogen) atoms. The fraction of sp³-hybridized carbons (Fsp3) is 0.500. The monoisotopic (exact) mass is 167 g/mol. The Bertz CT molecular complexity index is 214. The number of ether oxygens (including phenoxy) is 1. The first kappa shape index (κ1) is 8.93. The Hall–Kier alpha value is -1.16. The van der Waals surface area contributed by atoms with Gasteiger partial charge in [0.05, 0.1) is 6.61 Å². The van der Waals surface area contributed by atoms with Gasteiger partial charge in [0.1, 0.15) is 6.33 Å². The van der Waals surface area contributed by atoms with Gasteiger partial charge in [-0.05, 0) is 19.9 Å². The van der Waals surface area contributed by atoms with Crippen molar-refractivity contribution in [3.63, 3.8) is 0 Å². The number of hydrogen-bond acceptors (Lipinski definition) is 4. The van der Waals surface area contributed by atoms with Gasteiger partial charge in [0.25, 0.3) is 0 Å². The zero-order valence-electron chi connectivity index (χ0n) is 7.16. The van der Waals surface area contributed by atoms with Crippen LogP contribution in [0, 0.1) is 0 Å². The van der Waals surface area contributed by atoms with Crippen LogP contribution in [0.2, 0.25) is 0 Å². The van der Waals surface area contributed by atoms with Gasteiger partial charge in [-0.1, -0.05) is 0 Å². The maximum Gasteiger partial charge on any atom is 0.219 e. The van der Waals surface area contributed by atoms with Crippen molar-refractivity contribution < 1.29 is 4.74 Å². The predicted octanol–water partition coefficient (Wildman–Crippen LogP) is 0.376. The van der Waals surface area contributed by atoms with Gasteiger partial charge in [0.2, 0.25) is 5.88 Å². The molecule has 4 heteroatoms. The van der Waals surface area contributed by atoms with Crippen LogP contribution in [0.5, 0.6) is 5.88 Å². The summed E-state index contributed by atoms with van der Waals surface area (Å²) in [5.41, 5.74) is 6.39. The van der Waals surface area contributed by atoms with E-state index in [1.54, 1.807) is 6.20 Å². The summed E-state index contributed by atoms with van der Waals surface area (Å²) in [5, 5.41) is 0. The number of aromatic nitrogens is 2. The molecule has 66 valence electrons. The summed E-state index contributed by atoms with van der Waals surface area (Å²) in [6, 6.07) is 0. The van der Waals surface area contributed by atoms with Crippen molar-refractivity contribution in [2.75, 3.05) is 13.2 Å². The zero-order valence-corrected chi connectivity index (χ0v) is 7.16. The summed E-state index contributed by atoms with van der Waals surface area (Å²) in [6.07, 6.45) is 3.98. The second kappa shape index (κ2) is 4.66. The van der Waals surface area contributed by atoms with Crippen molar-refractivity contribution in [2.24, 2.45) is 5.73 Å². The molecule has 0 aliphatic carbocycles. The summed E-state index contributed by atoms with van der Waals surface area (Å²) < 4.78 is 5.28. The first-order valence-electron chi connectivity index (χ1n) is 4.00. The standard InChI is InChI=1S/C8H13N3O/c1-2-12-8-7(3-4-9)5-10-6-11-8/h5-6H,2-4,9H2,1H3. The van der Waals surface area contributed by atoms with Crippen LogP contribution in [0.15, 0.2) is 12.5 Å². The fourth-order valence-corrected chi connectivity index (χ4v) is 0.941. The van der Waals surface area contributed by atoms with Gasteiger partial charge in [0.15, 0.2) is 0 Å². The van der Waals surface area contributed by atoms with Gasteiger partial charge in [-0.2, -0.15) is 0 Å². The van der Waals surface area contributed by atoms with Crippen molar-refractivity contribution >= 4 is 0 Å². The quantitative estimate of drug-likeness (QED) is 0.704. The van der Waals surface area contributed by atoms with Gasteiger partial charge in [0, 0.05) is 11.8 Å². The SMILES string of the molecule is CCOc1ncncc1CCN. The van der Waals surface area contributed by atoms with Gasteiger partial charge in [-0.3, -0.25) is 0 Å². The van der Waals surface area contributed by atoms with E-state index in [1.165, 1.54) is 6.33 Å². The minimum Gasteiger partial charge on any atom is -0.478 e. The van der Waals surface area contributed by atoms with E-state index in [4.69, 9.17) is 10.5 Å². The molecule has 1 aromatic rings. The van der Waals surface area contributed by atoms with E-state index in [0.717, 1.165) is 12.0 Å². The lowest BCUT2D eigenvalue weighted by atomic mass is 10.2. The Labute approximate surface area is 71.8 Å². The Morgan fingerprint density at radius 3 is 3.08 bits per heavy atom. The third kappa shape index (κ3) is 2.17. The zero-order chi connectivity index (χ0) is 8.81. The average Bonchev–Trinajstić information content (AvgIpc) is 2.09. The van der Waals surface area contributed by atoms with Crippen molar-refractivity contribution in [1.29, 1.82) is 0 Å². The first-order chi connectivity index (χ1) is 5.88. The lowest BCUT2D eigenvalue weighted by Gasteiger charge is -2.05. The molecule has 0 bridgehead atoms. The first-order valence-corrected chi connectivity index (χ1v) is 4.00. The molecule has 0 amide bonds. The normalized spacial score (nSPS) is 9.83. The molecular formula is C8H13N3O. The van der Waals surface area contributed by atoms with Gasteiger partial charge >= 0.3 is 0 Å².